The first-order valence-corrected chi connectivity index (χ1v) is 25.1. The molecule has 0 saturated carbocycles. The van der Waals surface area contributed by atoms with E-state index in [0.717, 1.165) is 59.2 Å². The summed E-state index contributed by atoms with van der Waals surface area (Å²) in [6.45, 7) is 6.88. The highest BCUT2D eigenvalue weighted by atomic mass is 32.1. The topological polar surface area (TPSA) is 167 Å². The number of halogens is 2. The summed E-state index contributed by atoms with van der Waals surface area (Å²) < 4.78 is 46.7. The van der Waals surface area contributed by atoms with Crippen LogP contribution < -0.4 is 36.6 Å². The number of thiazole rings is 2. The Morgan fingerprint density at radius 2 is 1.19 bits per heavy atom. The lowest BCUT2D eigenvalue weighted by Gasteiger charge is -2.28. The predicted octanol–water partition coefficient (Wildman–Crippen LogP) is 5.38. The van der Waals surface area contributed by atoms with Crippen molar-refractivity contribution in [3.05, 3.63) is 104 Å². The maximum absolute atomic E-state index is 15.3. The molecule has 6 aromatic heterocycles. The molecule has 4 saturated heterocycles. The molecule has 0 bridgehead atoms. The molecule has 20 heteroatoms. The Hall–Kier alpha value is -6.16. The molecule has 4 aliphatic heterocycles. The number of para-hydroxylation sites is 2. The van der Waals surface area contributed by atoms with Crippen molar-refractivity contribution < 1.29 is 27.8 Å². The molecule has 4 fully saturated rings. The SMILES string of the molecule is CN1CCCC1CNC(=O)c1c(=O)c2cc(F)c(N3CCOCC3)nc2n2c1sc1ccccc12.O=C(NCC1CCCN1)c1c(=O)c2cc(F)c(N3CCOCC3)nc2n2c1sc1ccccc12. The van der Waals surface area contributed by atoms with Crippen molar-refractivity contribution in [2.45, 2.75) is 37.8 Å². The van der Waals surface area contributed by atoms with Crippen LogP contribution in [0.3, 0.4) is 0 Å². The van der Waals surface area contributed by atoms with Crippen molar-refractivity contribution in [3.63, 3.8) is 0 Å². The molecule has 358 valence electrons. The normalized spacial score (nSPS) is 19.1. The summed E-state index contributed by atoms with van der Waals surface area (Å²) in [6.07, 6.45) is 4.14. The third kappa shape index (κ3) is 8.35. The molecule has 16 nitrogen and oxygen atoms in total. The van der Waals surface area contributed by atoms with Crippen LogP contribution in [0.2, 0.25) is 0 Å². The number of pyridine rings is 4. The van der Waals surface area contributed by atoms with Gasteiger partial charge in [0, 0.05) is 51.4 Å². The highest BCUT2D eigenvalue weighted by Gasteiger charge is 2.29. The van der Waals surface area contributed by atoms with E-state index in [9.17, 15) is 19.2 Å². The van der Waals surface area contributed by atoms with Gasteiger partial charge in [0.1, 0.15) is 20.8 Å². The van der Waals surface area contributed by atoms with E-state index in [1.165, 1.54) is 34.8 Å². The largest absolute Gasteiger partial charge is 0.378 e. The van der Waals surface area contributed by atoms with Crippen LogP contribution >= 0.6 is 22.7 Å². The molecule has 2 aromatic carbocycles. The van der Waals surface area contributed by atoms with Gasteiger partial charge in [-0.3, -0.25) is 28.0 Å². The fourth-order valence-corrected chi connectivity index (χ4v) is 12.3. The number of ether oxygens (including phenoxy) is 2. The summed E-state index contributed by atoms with van der Waals surface area (Å²) in [5.41, 5.74) is 1.45. The molecule has 0 aliphatic carbocycles. The number of carbonyl (C=O) groups excluding carboxylic acids is 2. The summed E-state index contributed by atoms with van der Waals surface area (Å²) in [5, 5.41) is 9.42. The van der Waals surface area contributed by atoms with Crippen molar-refractivity contribution in [3.8, 4) is 0 Å². The third-order valence-electron chi connectivity index (χ3n) is 13.6. The van der Waals surface area contributed by atoms with E-state index in [1.807, 2.05) is 74.2 Å². The smallest absolute Gasteiger partial charge is 0.258 e. The van der Waals surface area contributed by atoms with Crippen molar-refractivity contribution in [1.82, 2.24) is 39.6 Å². The molecular formula is C49H50F2N10O6S2. The number of fused-ring (bicyclic) bond motifs is 10. The lowest BCUT2D eigenvalue weighted by Crippen LogP contribution is -2.40. The zero-order valence-electron chi connectivity index (χ0n) is 37.9. The minimum absolute atomic E-state index is 0.0343. The van der Waals surface area contributed by atoms with Crippen molar-refractivity contribution in [1.29, 1.82) is 0 Å². The van der Waals surface area contributed by atoms with E-state index in [-0.39, 0.29) is 45.6 Å². The van der Waals surface area contributed by atoms with Crippen LogP contribution in [0.4, 0.5) is 20.4 Å². The Bertz CT molecular complexity index is 3430. The number of aromatic nitrogens is 4. The molecule has 2 atom stereocenters. The Labute approximate surface area is 401 Å². The average molecular weight is 977 g/mol. The molecule has 69 heavy (non-hydrogen) atoms. The average Bonchev–Trinajstić information content (AvgIpc) is 4.20. The zero-order chi connectivity index (χ0) is 47.3. The van der Waals surface area contributed by atoms with Gasteiger partial charge in [0.25, 0.3) is 11.8 Å². The number of likely N-dealkylation sites (N-methyl/N-ethyl adjacent to an activating group) is 1. The van der Waals surface area contributed by atoms with Gasteiger partial charge in [-0.15, -0.1) is 22.7 Å². The van der Waals surface area contributed by atoms with E-state index in [2.05, 4.69) is 30.8 Å². The summed E-state index contributed by atoms with van der Waals surface area (Å²) in [4.78, 5) is 70.1. The quantitative estimate of drug-likeness (QED) is 0.178. The summed E-state index contributed by atoms with van der Waals surface area (Å²) in [7, 11) is 2.04. The molecule has 10 heterocycles. The maximum Gasteiger partial charge on any atom is 0.258 e. The van der Waals surface area contributed by atoms with Crippen LogP contribution in [-0.4, -0.2) is 133 Å². The Morgan fingerprint density at radius 3 is 1.65 bits per heavy atom. The number of hydrogen-bond acceptors (Lipinski definition) is 14. The molecule has 2 amide bonds. The number of benzene rings is 2. The molecule has 12 rings (SSSR count). The number of anilines is 2. The fraction of sp³-hybridized carbons (Fsp3) is 0.388. The van der Waals surface area contributed by atoms with Gasteiger partial charge in [-0.1, -0.05) is 24.3 Å². The van der Waals surface area contributed by atoms with Crippen LogP contribution in [-0.2, 0) is 9.47 Å². The first-order valence-electron chi connectivity index (χ1n) is 23.4. The number of rotatable bonds is 8. The molecule has 8 aromatic rings. The lowest BCUT2D eigenvalue weighted by atomic mass is 10.1. The van der Waals surface area contributed by atoms with Crippen LogP contribution in [0.1, 0.15) is 46.4 Å². The fourth-order valence-electron chi connectivity index (χ4n) is 9.96. The van der Waals surface area contributed by atoms with E-state index >= 15 is 8.78 Å². The number of nitrogens with zero attached hydrogens (tertiary/aromatic N) is 7. The Balaban J connectivity index is 0.000000151. The second-order valence-corrected chi connectivity index (χ2v) is 19.9. The lowest BCUT2D eigenvalue weighted by molar-refractivity contribution is 0.0939. The number of morpholine rings is 2. The monoisotopic (exact) mass is 976 g/mol. The zero-order valence-corrected chi connectivity index (χ0v) is 39.5. The van der Waals surface area contributed by atoms with Gasteiger partial charge < -0.3 is 40.1 Å². The second kappa shape index (κ2) is 19.0. The standard InChI is InChI=1S/C25H26FN5O3S.C24H24FN5O3S/c1-29-8-4-5-15(29)14-27-24(33)20-21(32)16-13-17(26)23(30-9-11-34-12-10-30)28-22(16)31-18-6-2-3-7-19(18)35-25(20)31;25-16-12-15-20(31)19(23(32)27-13-14-4-3-7-26-14)24-30(17-5-1-2-6-18(17)34-24)21(15)28-22(16)29-8-10-33-11-9-29/h2-3,6-7,13,15H,4-5,8-12,14H2,1H3,(H,27,33);1-2,5-6,12,14,26H,3-4,7-11,13H2,(H,27,32). The summed E-state index contributed by atoms with van der Waals surface area (Å²) >= 11 is 2.74. The summed E-state index contributed by atoms with van der Waals surface area (Å²) in [6, 6.07) is 18.3. The number of nitrogens with one attached hydrogen (secondary N) is 3. The van der Waals surface area contributed by atoms with Gasteiger partial charge in [0.05, 0.1) is 57.6 Å². The van der Waals surface area contributed by atoms with Crippen LogP contribution in [0.25, 0.3) is 52.2 Å². The first kappa shape index (κ1) is 45.3. The van der Waals surface area contributed by atoms with Crippen LogP contribution in [0.5, 0.6) is 0 Å². The van der Waals surface area contributed by atoms with Gasteiger partial charge in [-0.2, -0.15) is 0 Å². The van der Waals surface area contributed by atoms with E-state index in [0.29, 0.717) is 86.7 Å². The van der Waals surface area contributed by atoms with Gasteiger partial charge >= 0.3 is 0 Å². The Morgan fingerprint density at radius 1 is 0.696 bits per heavy atom. The molecule has 4 aliphatic rings. The minimum atomic E-state index is -0.576. The maximum atomic E-state index is 15.3. The minimum Gasteiger partial charge on any atom is -0.378 e. The Kier molecular flexibility index (Phi) is 12.5. The highest BCUT2D eigenvalue weighted by Crippen LogP contribution is 2.34. The van der Waals surface area contributed by atoms with Crippen molar-refractivity contribution >= 4 is 98.3 Å². The van der Waals surface area contributed by atoms with Gasteiger partial charge in [-0.25, -0.2) is 18.7 Å². The molecular weight excluding hydrogens is 927 g/mol. The molecule has 0 radical (unpaired) electrons. The van der Waals surface area contributed by atoms with E-state index in [1.54, 1.807) is 0 Å². The predicted molar refractivity (Wildman–Crippen MR) is 266 cm³/mol. The van der Waals surface area contributed by atoms with Crippen molar-refractivity contribution in [2.75, 3.05) is 95.6 Å². The van der Waals surface area contributed by atoms with Crippen molar-refractivity contribution in [2.24, 2.45) is 0 Å². The van der Waals surface area contributed by atoms with E-state index < -0.39 is 34.3 Å². The molecule has 0 spiro atoms. The van der Waals surface area contributed by atoms with Gasteiger partial charge in [0.15, 0.2) is 34.6 Å². The molecule has 3 N–H and O–H groups in total. The van der Waals surface area contributed by atoms with Crippen LogP contribution in [0.15, 0.2) is 70.3 Å². The number of carbonyl (C=O) groups is 2. The highest BCUT2D eigenvalue weighted by molar-refractivity contribution is 7.24. The van der Waals surface area contributed by atoms with E-state index in [4.69, 9.17) is 9.47 Å². The number of amides is 2. The van der Waals surface area contributed by atoms with Crippen LogP contribution in [0, 0.1) is 11.6 Å². The summed E-state index contributed by atoms with van der Waals surface area (Å²) in [5.74, 6) is -1.63. The van der Waals surface area contributed by atoms with Gasteiger partial charge in [-0.05, 0) is 82.2 Å². The second-order valence-electron chi connectivity index (χ2n) is 17.8. The third-order valence-corrected chi connectivity index (χ3v) is 15.9. The van der Waals surface area contributed by atoms with Gasteiger partial charge in [0.2, 0.25) is 10.9 Å². The number of likely N-dealkylation sites (tertiary alicyclic amines) is 1. The number of hydrogen-bond donors (Lipinski definition) is 3. The first-order chi connectivity index (χ1) is 33.6. The molecule has 2 unspecified atom stereocenters.